The maximum atomic E-state index is 9.05. The minimum Gasteiger partial charge on any atom is -0.262 e. The van der Waals surface area contributed by atoms with E-state index >= 15 is 0 Å². The molecule has 80 valence electrons. The Morgan fingerprint density at radius 2 is 2.06 bits per heavy atom. The number of fused-ring (bicyclic) bond motifs is 1. The van der Waals surface area contributed by atoms with E-state index < -0.39 is 0 Å². The topological polar surface area (TPSA) is 67.4 Å². The molecule has 3 aromatic rings. The van der Waals surface area contributed by atoms with Crippen molar-refractivity contribution in [3.8, 4) is 11.8 Å². The van der Waals surface area contributed by atoms with Crippen molar-refractivity contribution >= 4 is 11.0 Å². The molecule has 5 nitrogen and oxygen atoms in total. The molecule has 2 heterocycles. The second-order valence-corrected chi connectivity index (χ2v) is 3.49. The maximum absolute atomic E-state index is 9.05. The highest BCUT2D eigenvalue weighted by Gasteiger charge is 2.09. The Kier molecular flexibility index (Phi) is 2.06. The highest BCUT2D eigenvalue weighted by atomic mass is 15.4. The van der Waals surface area contributed by atoms with Crippen molar-refractivity contribution in [2.75, 3.05) is 0 Å². The predicted octanol–water partition coefficient (Wildman–Crippen LogP) is 1.69. The van der Waals surface area contributed by atoms with Crippen LogP contribution in [0.4, 0.5) is 0 Å². The zero-order chi connectivity index (χ0) is 11.7. The van der Waals surface area contributed by atoms with Crippen molar-refractivity contribution in [2.24, 2.45) is 0 Å². The van der Waals surface area contributed by atoms with E-state index in [1.807, 2.05) is 24.3 Å². The molecule has 0 saturated carbocycles. The fourth-order valence-corrected chi connectivity index (χ4v) is 1.70. The summed E-state index contributed by atoms with van der Waals surface area (Å²) >= 11 is 0. The van der Waals surface area contributed by atoms with Gasteiger partial charge in [0.25, 0.3) is 0 Å². The number of benzene rings is 1. The van der Waals surface area contributed by atoms with Crippen molar-refractivity contribution < 1.29 is 0 Å². The zero-order valence-electron chi connectivity index (χ0n) is 8.78. The lowest BCUT2D eigenvalue weighted by Crippen LogP contribution is -2.00. The van der Waals surface area contributed by atoms with E-state index in [1.165, 1.54) is 0 Å². The standard InChI is InChI=1S/C12H7N5/c13-7-9-5-6-14-8-12(9)17-11-4-2-1-3-10(11)15-16-17/h1-6,8H. The third-order valence-electron chi connectivity index (χ3n) is 2.50. The zero-order valence-corrected chi connectivity index (χ0v) is 8.78. The van der Waals surface area contributed by atoms with Gasteiger partial charge < -0.3 is 0 Å². The largest absolute Gasteiger partial charge is 0.262 e. The van der Waals surface area contributed by atoms with E-state index in [9.17, 15) is 0 Å². The predicted molar refractivity (Wildman–Crippen MR) is 61.4 cm³/mol. The normalized spacial score (nSPS) is 10.3. The highest BCUT2D eigenvalue weighted by molar-refractivity contribution is 5.76. The highest BCUT2D eigenvalue weighted by Crippen LogP contribution is 2.17. The summed E-state index contributed by atoms with van der Waals surface area (Å²) < 4.78 is 1.63. The number of para-hydroxylation sites is 1. The molecule has 5 heteroatoms. The van der Waals surface area contributed by atoms with Crippen molar-refractivity contribution in [3.63, 3.8) is 0 Å². The average molecular weight is 221 g/mol. The van der Waals surface area contributed by atoms with Gasteiger partial charge in [0.15, 0.2) is 0 Å². The van der Waals surface area contributed by atoms with Crippen LogP contribution >= 0.6 is 0 Å². The van der Waals surface area contributed by atoms with Crippen molar-refractivity contribution in [1.82, 2.24) is 20.0 Å². The first-order valence-electron chi connectivity index (χ1n) is 5.05. The van der Waals surface area contributed by atoms with Crippen molar-refractivity contribution in [1.29, 1.82) is 5.26 Å². The van der Waals surface area contributed by atoms with Gasteiger partial charge in [0.2, 0.25) is 0 Å². The van der Waals surface area contributed by atoms with E-state index in [2.05, 4.69) is 21.4 Å². The molecule has 0 aliphatic carbocycles. The molecule has 2 aromatic heterocycles. The Morgan fingerprint density at radius 1 is 1.18 bits per heavy atom. The Hall–Kier alpha value is -2.74. The van der Waals surface area contributed by atoms with E-state index in [4.69, 9.17) is 5.26 Å². The summed E-state index contributed by atoms with van der Waals surface area (Å²) in [7, 11) is 0. The molecule has 17 heavy (non-hydrogen) atoms. The van der Waals surface area contributed by atoms with Crippen LogP contribution in [0, 0.1) is 11.3 Å². The lowest BCUT2D eigenvalue weighted by molar-refractivity contribution is 0.818. The number of pyridine rings is 1. The van der Waals surface area contributed by atoms with Gasteiger partial charge in [-0.15, -0.1) is 5.10 Å². The van der Waals surface area contributed by atoms with Gasteiger partial charge in [-0.3, -0.25) is 4.98 Å². The SMILES string of the molecule is N#Cc1ccncc1-n1nnc2ccccc21. The van der Waals surface area contributed by atoms with Crippen molar-refractivity contribution in [3.05, 3.63) is 48.3 Å². The van der Waals surface area contributed by atoms with Crippen LogP contribution in [0.1, 0.15) is 5.56 Å². The summed E-state index contributed by atoms with van der Waals surface area (Å²) in [4.78, 5) is 4.02. The van der Waals surface area contributed by atoms with E-state index in [1.54, 1.807) is 23.1 Å². The molecule has 0 aliphatic heterocycles. The first kappa shape index (κ1) is 9.48. The average Bonchev–Trinajstić information content (AvgIpc) is 2.82. The third-order valence-corrected chi connectivity index (χ3v) is 2.50. The quantitative estimate of drug-likeness (QED) is 0.627. The third kappa shape index (κ3) is 1.43. The lowest BCUT2D eigenvalue weighted by atomic mass is 10.2. The molecule has 0 N–H and O–H groups in total. The molecule has 3 rings (SSSR count). The second kappa shape index (κ2) is 3.68. The van der Waals surface area contributed by atoms with Crippen LogP contribution < -0.4 is 0 Å². The van der Waals surface area contributed by atoms with Crippen LogP contribution in [0.25, 0.3) is 16.7 Å². The lowest BCUT2D eigenvalue weighted by Gasteiger charge is -2.02. The Bertz CT molecular complexity index is 723. The molecule has 0 radical (unpaired) electrons. The smallest absolute Gasteiger partial charge is 0.113 e. The van der Waals surface area contributed by atoms with E-state index in [0.717, 1.165) is 11.0 Å². The molecule has 0 amide bonds. The second-order valence-electron chi connectivity index (χ2n) is 3.49. The maximum Gasteiger partial charge on any atom is 0.113 e. The summed E-state index contributed by atoms with van der Waals surface area (Å²) in [6, 6.07) is 11.4. The number of rotatable bonds is 1. The van der Waals surface area contributed by atoms with Crippen LogP contribution in [0.3, 0.4) is 0 Å². The Morgan fingerprint density at radius 3 is 2.94 bits per heavy atom. The molecule has 0 aliphatic rings. The molecule has 0 unspecified atom stereocenters. The van der Waals surface area contributed by atoms with Crippen LogP contribution in [0.2, 0.25) is 0 Å². The molecule has 1 aromatic carbocycles. The molecule has 0 bridgehead atoms. The van der Waals surface area contributed by atoms with Gasteiger partial charge >= 0.3 is 0 Å². The minimum atomic E-state index is 0.524. The van der Waals surface area contributed by atoms with Gasteiger partial charge in [0, 0.05) is 6.20 Å². The summed E-state index contributed by atoms with van der Waals surface area (Å²) in [5.74, 6) is 0. The van der Waals surface area contributed by atoms with E-state index in [-0.39, 0.29) is 0 Å². The van der Waals surface area contributed by atoms with E-state index in [0.29, 0.717) is 11.3 Å². The first-order valence-corrected chi connectivity index (χ1v) is 5.05. The van der Waals surface area contributed by atoms with Crippen LogP contribution in [0.5, 0.6) is 0 Å². The number of hydrogen-bond donors (Lipinski definition) is 0. The molecular weight excluding hydrogens is 214 g/mol. The van der Waals surface area contributed by atoms with Crippen LogP contribution in [-0.2, 0) is 0 Å². The minimum absolute atomic E-state index is 0.524. The number of nitrogens with zero attached hydrogens (tertiary/aromatic N) is 5. The first-order chi connectivity index (χ1) is 8.40. The molecular formula is C12H7N5. The summed E-state index contributed by atoms with van der Waals surface area (Å²) in [6.45, 7) is 0. The van der Waals surface area contributed by atoms with Crippen molar-refractivity contribution in [2.45, 2.75) is 0 Å². The number of nitriles is 1. The monoisotopic (exact) mass is 221 g/mol. The molecule has 0 atom stereocenters. The summed E-state index contributed by atoms with van der Waals surface area (Å²) in [5, 5.41) is 17.1. The van der Waals surface area contributed by atoms with Gasteiger partial charge in [0.05, 0.1) is 17.3 Å². The number of hydrogen-bond acceptors (Lipinski definition) is 4. The van der Waals surface area contributed by atoms with Gasteiger partial charge in [-0.1, -0.05) is 17.3 Å². The molecule has 0 saturated heterocycles. The summed E-state index contributed by atoms with van der Waals surface area (Å²) in [6.07, 6.45) is 3.20. The fraction of sp³-hybridized carbons (Fsp3) is 0. The van der Waals surface area contributed by atoms with Crippen LogP contribution in [0.15, 0.2) is 42.7 Å². The molecule has 0 spiro atoms. The van der Waals surface area contributed by atoms with Crippen LogP contribution in [-0.4, -0.2) is 20.0 Å². The fourth-order valence-electron chi connectivity index (χ4n) is 1.70. The Balaban J connectivity index is 2.32. The van der Waals surface area contributed by atoms with Gasteiger partial charge in [-0.05, 0) is 18.2 Å². The van der Waals surface area contributed by atoms with Gasteiger partial charge in [0.1, 0.15) is 17.3 Å². The van der Waals surface area contributed by atoms with Gasteiger partial charge in [-0.2, -0.15) is 5.26 Å². The molecule has 0 fully saturated rings. The summed E-state index contributed by atoms with van der Waals surface area (Å²) in [5.41, 5.74) is 2.82. The number of aromatic nitrogens is 4. The Labute approximate surface area is 96.9 Å². The van der Waals surface area contributed by atoms with Gasteiger partial charge in [-0.25, -0.2) is 4.68 Å².